The minimum Gasteiger partial charge on any atom is -0.378 e. The highest BCUT2D eigenvalue weighted by Crippen LogP contribution is 2.25. The van der Waals surface area contributed by atoms with Crippen molar-refractivity contribution in [1.29, 1.82) is 0 Å². The Balaban J connectivity index is 1.92. The molecule has 2 amide bonds. The molecule has 0 saturated carbocycles. The molecule has 0 unspecified atom stereocenters. The first-order valence-electron chi connectivity index (χ1n) is 9.00. The highest BCUT2D eigenvalue weighted by Gasteiger charge is 2.27. The number of nitro groups is 2. The normalized spacial score (nSPS) is 13.7. The Bertz CT molecular complexity index is 980. The number of aryl methyl sites for hydroxylation is 1. The van der Waals surface area contributed by atoms with Crippen molar-refractivity contribution in [1.82, 2.24) is 14.7 Å². The number of benzene rings is 1. The van der Waals surface area contributed by atoms with Gasteiger partial charge in [0.15, 0.2) is 0 Å². The van der Waals surface area contributed by atoms with E-state index in [2.05, 4.69) is 10.4 Å². The summed E-state index contributed by atoms with van der Waals surface area (Å²) < 4.78 is 6.66. The summed E-state index contributed by atoms with van der Waals surface area (Å²) >= 11 is 0. The maximum Gasteiger partial charge on any atom is 0.277 e. The van der Waals surface area contributed by atoms with Crippen molar-refractivity contribution in [2.24, 2.45) is 0 Å². The number of nitrogens with one attached hydrogen (secondary N) is 1. The van der Waals surface area contributed by atoms with E-state index in [1.165, 1.54) is 10.9 Å². The molecule has 3 rings (SSSR count). The number of carbonyl (C=O) groups excluding carboxylic acids is 2. The predicted molar refractivity (Wildman–Crippen MR) is 102 cm³/mol. The van der Waals surface area contributed by atoms with Crippen LogP contribution in [0.5, 0.6) is 0 Å². The summed E-state index contributed by atoms with van der Waals surface area (Å²) in [7, 11) is 0. The molecule has 158 valence electrons. The van der Waals surface area contributed by atoms with Crippen LogP contribution in [-0.2, 0) is 11.3 Å². The van der Waals surface area contributed by atoms with E-state index < -0.39 is 27.1 Å². The van der Waals surface area contributed by atoms with Gasteiger partial charge in [0.05, 0.1) is 46.6 Å². The first kappa shape index (κ1) is 20.9. The van der Waals surface area contributed by atoms with Gasteiger partial charge in [-0.1, -0.05) is 0 Å². The Morgan fingerprint density at radius 2 is 1.73 bits per heavy atom. The van der Waals surface area contributed by atoms with Crippen LogP contribution in [0.1, 0.15) is 27.8 Å². The van der Waals surface area contributed by atoms with E-state index in [9.17, 15) is 29.8 Å². The quantitative estimate of drug-likeness (QED) is 0.544. The number of amides is 2. The molecule has 13 heteroatoms. The third-order valence-corrected chi connectivity index (χ3v) is 4.47. The average Bonchev–Trinajstić information content (AvgIpc) is 3.15. The van der Waals surface area contributed by atoms with Gasteiger partial charge < -0.3 is 15.0 Å². The summed E-state index contributed by atoms with van der Waals surface area (Å²) in [6.45, 7) is 3.70. The Hall–Kier alpha value is -3.87. The van der Waals surface area contributed by atoms with Crippen LogP contribution in [0.3, 0.4) is 0 Å². The van der Waals surface area contributed by atoms with Gasteiger partial charge in [-0.25, -0.2) is 0 Å². The molecule has 1 aliphatic rings. The number of ether oxygens (including phenoxy) is 1. The molecule has 1 fully saturated rings. The largest absolute Gasteiger partial charge is 0.378 e. The zero-order chi connectivity index (χ0) is 21.8. The maximum atomic E-state index is 12.9. The highest BCUT2D eigenvalue weighted by molar-refractivity contribution is 6.08. The minimum atomic E-state index is -0.839. The van der Waals surface area contributed by atoms with E-state index in [-0.39, 0.29) is 22.9 Å². The van der Waals surface area contributed by atoms with Gasteiger partial charge in [-0.05, 0) is 6.92 Å². The molecular weight excluding hydrogens is 400 g/mol. The molecule has 1 aliphatic heterocycles. The first-order chi connectivity index (χ1) is 14.3. The summed E-state index contributed by atoms with van der Waals surface area (Å²) in [4.78, 5) is 47.6. The third kappa shape index (κ3) is 4.25. The lowest BCUT2D eigenvalue weighted by Crippen LogP contribution is -2.41. The van der Waals surface area contributed by atoms with Gasteiger partial charge >= 0.3 is 0 Å². The van der Waals surface area contributed by atoms with E-state index in [1.807, 2.05) is 0 Å². The monoisotopic (exact) mass is 418 g/mol. The Kier molecular flexibility index (Phi) is 6.01. The molecule has 1 aromatic carbocycles. The molecule has 0 bridgehead atoms. The van der Waals surface area contributed by atoms with Crippen molar-refractivity contribution in [2.45, 2.75) is 13.5 Å². The van der Waals surface area contributed by atoms with Crippen molar-refractivity contribution >= 4 is 28.9 Å². The van der Waals surface area contributed by atoms with Crippen LogP contribution in [0.25, 0.3) is 0 Å². The number of carbonyl (C=O) groups is 2. The molecule has 2 heterocycles. The SMILES string of the molecule is CCn1ncc(NC(=O)c2cc([N+](=O)[O-])cc([N+](=O)[O-])c2)c1C(=O)N1CCOCC1. The second-order valence-corrected chi connectivity index (χ2v) is 6.33. The molecule has 30 heavy (non-hydrogen) atoms. The molecule has 13 nitrogen and oxygen atoms in total. The first-order valence-corrected chi connectivity index (χ1v) is 9.00. The number of morpholine rings is 1. The van der Waals surface area contributed by atoms with E-state index in [4.69, 9.17) is 4.74 Å². The predicted octanol–water partition coefficient (Wildman–Crippen LogP) is 1.44. The fourth-order valence-corrected chi connectivity index (χ4v) is 2.99. The highest BCUT2D eigenvalue weighted by atomic mass is 16.6. The molecule has 0 radical (unpaired) electrons. The fourth-order valence-electron chi connectivity index (χ4n) is 2.99. The van der Waals surface area contributed by atoms with Crippen LogP contribution in [0, 0.1) is 20.2 Å². The zero-order valence-electron chi connectivity index (χ0n) is 15.9. The summed E-state index contributed by atoms with van der Waals surface area (Å²) in [5.74, 6) is -1.19. The third-order valence-electron chi connectivity index (χ3n) is 4.47. The number of anilines is 1. The molecule has 1 aromatic heterocycles. The van der Waals surface area contributed by atoms with Crippen molar-refractivity contribution in [2.75, 3.05) is 31.6 Å². The van der Waals surface area contributed by atoms with E-state index in [0.717, 1.165) is 18.2 Å². The lowest BCUT2D eigenvalue weighted by Gasteiger charge is -2.27. The van der Waals surface area contributed by atoms with Gasteiger partial charge in [0.25, 0.3) is 23.2 Å². The number of nitrogens with zero attached hydrogens (tertiary/aromatic N) is 5. The second kappa shape index (κ2) is 8.65. The second-order valence-electron chi connectivity index (χ2n) is 6.33. The smallest absolute Gasteiger partial charge is 0.277 e. The number of nitro benzene ring substituents is 2. The maximum absolute atomic E-state index is 12.9. The Labute approximate surface area is 169 Å². The molecule has 0 atom stereocenters. The number of rotatable bonds is 6. The van der Waals surface area contributed by atoms with Crippen LogP contribution >= 0.6 is 0 Å². The van der Waals surface area contributed by atoms with E-state index in [1.54, 1.807) is 11.8 Å². The Morgan fingerprint density at radius 1 is 1.13 bits per heavy atom. The van der Waals surface area contributed by atoms with Gasteiger partial charge in [-0.2, -0.15) is 5.10 Å². The van der Waals surface area contributed by atoms with Gasteiger partial charge in [-0.15, -0.1) is 0 Å². The number of aromatic nitrogens is 2. The average molecular weight is 418 g/mol. The molecule has 1 N–H and O–H groups in total. The van der Waals surface area contributed by atoms with Crippen LogP contribution < -0.4 is 5.32 Å². The van der Waals surface area contributed by atoms with Crippen molar-refractivity contribution < 1.29 is 24.2 Å². The lowest BCUT2D eigenvalue weighted by molar-refractivity contribution is -0.394. The van der Waals surface area contributed by atoms with Gasteiger partial charge in [0, 0.05) is 31.8 Å². The molecule has 2 aromatic rings. The lowest BCUT2D eigenvalue weighted by atomic mass is 10.1. The standard InChI is InChI=1S/C17H18N6O7/c1-2-21-15(17(25)20-3-5-30-6-4-20)14(10-18-21)19-16(24)11-7-12(22(26)27)9-13(8-11)23(28)29/h7-10H,2-6H2,1H3,(H,19,24). The van der Waals surface area contributed by atoms with Crippen LogP contribution in [0.2, 0.25) is 0 Å². The number of hydrogen-bond acceptors (Lipinski definition) is 8. The summed E-state index contributed by atoms with van der Waals surface area (Å²) in [6, 6.07) is 2.62. The Morgan fingerprint density at radius 3 is 2.27 bits per heavy atom. The number of hydrogen-bond donors (Lipinski definition) is 1. The van der Waals surface area contributed by atoms with E-state index >= 15 is 0 Å². The minimum absolute atomic E-state index is 0.104. The molecular formula is C17H18N6O7. The van der Waals surface area contributed by atoms with E-state index in [0.29, 0.717) is 32.8 Å². The number of non-ortho nitro benzene ring substituents is 2. The molecule has 1 saturated heterocycles. The van der Waals surface area contributed by atoms with Crippen LogP contribution in [0.4, 0.5) is 17.1 Å². The zero-order valence-corrected chi connectivity index (χ0v) is 15.9. The van der Waals surface area contributed by atoms with Gasteiger partial charge in [0.2, 0.25) is 0 Å². The summed E-state index contributed by atoms with van der Waals surface area (Å²) in [5.41, 5.74) is -1.23. The van der Waals surface area contributed by atoms with Gasteiger partial charge in [-0.3, -0.25) is 34.5 Å². The van der Waals surface area contributed by atoms with Crippen molar-refractivity contribution in [3.63, 3.8) is 0 Å². The summed E-state index contributed by atoms with van der Waals surface area (Å²) in [5, 5.41) is 28.7. The van der Waals surface area contributed by atoms with Gasteiger partial charge in [0.1, 0.15) is 5.69 Å². The van der Waals surface area contributed by atoms with Crippen LogP contribution in [0.15, 0.2) is 24.4 Å². The molecule has 0 aliphatic carbocycles. The fraction of sp³-hybridized carbons (Fsp3) is 0.353. The van der Waals surface area contributed by atoms with Crippen LogP contribution in [-0.4, -0.2) is 62.6 Å². The van der Waals surface area contributed by atoms with Crippen molar-refractivity contribution in [3.05, 3.63) is 55.9 Å². The summed E-state index contributed by atoms with van der Waals surface area (Å²) in [6.07, 6.45) is 1.29. The topological polar surface area (TPSA) is 163 Å². The van der Waals surface area contributed by atoms with Crippen molar-refractivity contribution in [3.8, 4) is 0 Å². The molecule has 0 spiro atoms.